The number of likely N-dealkylation sites (tertiary alicyclic amines) is 2. The van der Waals surface area contributed by atoms with E-state index in [-0.39, 0.29) is 0 Å². The predicted octanol–water partition coefficient (Wildman–Crippen LogP) is 2.21. The quantitative estimate of drug-likeness (QED) is 0.763. The molecule has 3 aliphatic rings. The van der Waals surface area contributed by atoms with Gasteiger partial charge in [-0.3, -0.25) is 4.90 Å². The van der Waals surface area contributed by atoms with E-state index in [9.17, 15) is 0 Å². The molecule has 3 heterocycles. The minimum Gasteiger partial charge on any atom is -0.303 e. The normalized spacial score (nSPS) is 28.0. The molecular weight excluding hydrogens is 296 g/mol. The van der Waals surface area contributed by atoms with Crippen LogP contribution in [-0.2, 0) is 0 Å². The molecule has 0 saturated carbocycles. The van der Waals surface area contributed by atoms with Crippen molar-refractivity contribution in [1.29, 1.82) is 0 Å². The Bertz CT molecular complexity index is 349. The molecule has 0 N–H and O–H groups in total. The van der Waals surface area contributed by atoms with E-state index in [4.69, 9.17) is 0 Å². The molecule has 0 spiro atoms. The minimum absolute atomic E-state index is 0.730. The van der Waals surface area contributed by atoms with Crippen LogP contribution in [0.3, 0.4) is 0 Å². The molecule has 0 unspecified atom stereocenters. The number of hydrogen-bond donors (Lipinski definition) is 0. The van der Waals surface area contributed by atoms with E-state index in [1.54, 1.807) is 0 Å². The van der Waals surface area contributed by atoms with Crippen LogP contribution >= 0.6 is 0 Å². The molecule has 3 rings (SSSR count). The van der Waals surface area contributed by atoms with Gasteiger partial charge in [0.05, 0.1) is 0 Å². The van der Waals surface area contributed by atoms with Crippen molar-refractivity contribution in [2.24, 2.45) is 5.92 Å². The Morgan fingerprint density at radius 3 is 1.92 bits per heavy atom. The van der Waals surface area contributed by atoms with Crippen LogP contribution in [0, 0.1) is 5.92 Å². The van der Waals surface area contributed by atoms with Gasteiger partial charge in [-0.1, -0.05) is 6.92 Å². The summed E-state index contributed by atoms with van der Waals surface area (Å²) >= 11 is 0. The van der Waals surface area contributed by atoms with Crippen LogP contribution in [0.5, 0.6) is 0 Å². The number of hydrogen-bond acceptors (Lipinski definition) is 4. The first kappa shape index (κ1) is 18.6. The van der Waals surface area contributed by atoms with Crippen LogP contribution in [0.4, 0.5) is 0 Å². The molecule has 0 aliphatic carbocycles. The number of piperazine rings is 1. The summed E-state index contributed by atoms with van der Waals surface area (Å²) < 4.78 is 0. The van der Waals surface area contributed by atoms with E-state index < -0.39 is 0 Å². The van der Waals surface area contributed by atoms with Gasteiger partial charge in [-0.2, -0.15) is 0 Å². The summed E-state index contributed by atoms with van der Waals surface area (Å²) in [6, 6.07) is 1.60. The van der Waals surface area contributed by atoms with Crippen molar-refractivity contribution >= 4 is 0 Å². The molecule has 0 atom stereocenters. The minimum atomic E-state index is 0.730. The van der Waals surface area contributed by atoms with Gasteiger partial charge in [-0.25, -0.2) is 0 Å². The lowest BCUT2D eigenvalue weighted by molar-refractivity contribution is 0.0466. The molecule has 4 nitrogen and oxygen atoms in total. The third-order valence-electron chi connectivity index (χ3n) is 6.82. The fourth-order valence-electron chi connectivity index (χ4n) is 4.93. The van der Waals surface area contributed by atoms with Gasteiger partial charge in [0.25, 0.3) is 0 Å². The predicted molar refractivity (Wildman–Crippen MR) is 103 cm³/mol. The molecule has 0 aromatic carbocycles. The van der Waals surface area contributed by atoms with Crippen LogP contribution in [-0.4, -0.2) is 97.1 Å². The molecule has 3 saturated heterocycles. The Morgan fingerprint density at radius 1 is 0.750 bits per heavy atom. The average molecular weight is 337 g/mol. The van der Waals surface area contributed by atoms with Crippen molar-refractivity contribution < 1.29 is 0 Å². The molecule has 24 heavy (non-hydrogen) atoms. The van der Waals surface area contributed by atoms with Crippen molar-refractivity contribution in [2.45, 2.75) is 58.5 Å². The Hall–Kier alpha value is -0.160. The first-order valence-corrected chi connectivity index (χ1v) is 10.6. The molecule has 0 radical (unpaired) electrons. The van der Waals surface area contributed by atoms with E-state index in [0.29, 0.717) is 0 Å². The Balaban J connectivity index is 1.34. The summed E-state index contributed by atoms with van der Waals surface area (Å²) in [6.45, 7) is 20.0. The third kappa shape index (κ3) is 4.94. The molecule has 0 aromatic heterocycles. The Morgan fingerprint density at radius 2 is 1.38 bits per heavy atom. The molecule has 140 valence electrons. The second-order valence-corrected chi connectivity index (χ2v) is 8.58. The maximum Gasteiger partial charge on any atom is 0.0121 e. The average Bonchev–Trinajstić information content (AvgIpc) is 2.63. The fraction of sp³-hybridized carbons (Fsp3) is 1.00. The summed E-state index contributed by atoms with van der Waals surface area (Å²) in [6.07, 6.45) is 5.60. The molecule has 0 amide bonds. The van der Waals surface area contributed by atoms with Gasteiger partial charge in [-0.05, 0) is 78.2 Å². The van der Waals surface area contributed by atoms with E-state index >= 15 is 0 Å². The molecule has 3 fully saturated rings. The van der Waals surface area contributed by atoms with Gasteiger partial charge in [0.2, 0.25) is 0 Å². The van der Waals surface area contributed by atoms with E-state index in [1.807, 2.05) is 0 Å². The summed E-state index contributed by atoms with van der Waals surface area (Å²) in [5.74, 6) is 0.944. The monoisotopic (exact) mass is 336 g/mol. The largest absolute Gasteiger partial charge is 0.303 e. The molecule has 4 heteroatoms. The summed E-state index contributed by atoms with van der Waals surface area (Å²) in [4.78, 5) is 10.8. The van der Waals surface area contributed by atoms with Crippen molar-refractivity contribution in [2.75, 3.05) is 65.4 Å². The summed E-state index contributed by atoms with van der Waals surface area (Å²) in [5.41, 5.74) is 0. The smallest absolute Gasteiger partial charge is 0.0121 e. The van der Waals surface area contributed by atoms with Crippen molar-refractivity contribution in [3.63, 3.8) is 0 Å². The number of nitrogens with zero attached hydrogens (tertiary/aromatic N) is 4. The third-order valence-corrected chi connectivity index (χ3v) is 6.82. The van der Waals surface area contributed by atoms with Crippen LogP contribution in [0.25, 0.3) is 0 Å². The van der Waals surface area contributed by atoms with Gasteiger partial charge in [-0.15, -0.1) is 0 Å². The zero-order chi connectivity index (χ0) is 16.9. The van der Waals surface area contributed by atoms with Gasteiger partial charge in [0, 0.05) is 44.8 Å². The zero-order valence-corrected chi connectivity index (χ0v) is 16.4. The molecule has 3 aliphatic heterocycles. The molecule has 0 bridgehead atoms. The highest BCUT2D eigenvalue weighted by Crippen LogP contribution is 2.22. The molecule has 0 aromatic rings. The SMILES string of the molecule is CCN1CCC(N2CCN(CC3CCN(C(C)C)CC3)CC2)CC1. The van der Waals surface area contributed by atoms with Gasteiger partial charge in [0.1, 0.15) is 0 Å². The van der Waals surface area contributed by atoms with Crippen molar-refractivity contribution in [3.05, 3.63) is 0 Å². The van der Waals surface area contributed by atoms with Gasteiger partial charge >= 0.3 is 0 Å². The standard InChI is InChI=1S/C20H40N4/c1-4-21-9-7-20(8-10-21)24-15-13-22(14-16-24)17-19-5-11-23(12-6-19)18(2)3/h18-20H,4-17H2,1-3H3. The number of piperidine rings is 2. The second kappa shape index (κ2) is 8.98. The molecular formula is C20H40N4. The maximum atomic E-state index is 2.80. The lowest BCUT2D eigenvalue weighted by atomic mass is 9.95. The number of rotatable bonds is 5. The van der Waals surface area contributed by atoms with Gasteiger partial charge in [0.15, 0.2) is 0 Å². The van der Waals surface area contributed by atoms with E-state index in [0.717, 1.165) is 18.0 Å². The van der Waals surface area contributed by atoms with Crippen LogP contribution in [0.15, 0.2) is 0 Å². The summed E-state index contributed by atoms with van der Waals surface area (Å²) in [5, 5.41) is 0. The van der Waals surface area contributed by atoms with Gasteiger partial charge < -0.3 is 14.7 Å². The first-order chi connectivity index (χ1) is 11.7. The highest BCUT2D eigenvalue weighted by Gasteiger charge is 2.28. The fourth-order valence-corrected chi connectivity index (χ4v) is 4.93. The lowest BCUT2D eigenvalue weighted by Gasteiger charge is -2.44. The maximum absolute atomic E-state index is 2.80. The first-order valence-electron chi connectivity index (χ1n) is 10.6. The summed E-state index contributed by atoms with van der Waals surface area (Å²) in [7, 11) is 0. The van der Waals surface area contributed by atoms with Crippen LogP contribution < -0.4 is 0 Å². The highest BCUT2D eigenvalue weighted by atomic mass is 15.3. The van der Waals surface area contributed by atoms with Crippen LogP contribution in [0.1, 0.15) is 46.5 Å². The van der Waals surface area contributed by atoms with Crippen molar-refractivity contribution in [1.82, 2.24) is 19.6 Å². The van der Waals surface area contributed by atoms with Crippen molar-refractivity contribution in [3.8, 4) is 0 Å². The lowest BCUT2D eigenvalue weighted by Crippen LogP contribution is -2.54. The van der Waals surface area contributed by atoms with E-state index in [1.165, 1.54) is 91.1 Å². The zero-order valence-electron chi connectivity index (χ0n) is 16.4. The van der Waals surface area contributed by atoms with Crippen LogP contribution in [0.2, 0.25) is 0 Å². The Labute approximate surface area is 150 Å². The topological polar surface area (TPSA) is 13.0 Å². The highest BCUT2D eigenvalue weighted by molar-refractivity contribution is 4.84. The van der Waals surface area contributed by atoms with E-state index in [2.05, 4.69) is 40.4 Å². The Kier molecular flexibility index (Phi) is 6.97. The second-order valence-electron chi connectivity index (χ2n) is 8.58.